The summed E-state index contributed by atoms with van der Waals surface area (Å²) in [6, 6.07) is 14.8. The normalized spacial score (nSPS) is 14.2. The molecule has 1 aromatic heterocycles. The quantitative estimate of drug-likeness (QED) is 0.453. The van der Waals surface area contributed by atoms with E-state index < -0.39 is 0 Å². The molecule has 0 radical (unpaired) electrons. The van der Waals surface area contributed by atoms with E-state index in [4.69, 9.17) is 14.5 Å². The molecule has 1 aliphatic heterocycles. The first-order valence-electron chi connectivity index (χ1n) is 11.0. The molecule has 7 nitrogen and oxygen atoms in total. The number of nitrogens with zero attached hydrogens (tertiary/aromatic N) is 3. The zero-order chi connectivity index (χ0) is 23.2. The van der Waals surface area contributed by atoms with Gasteiger partial charge < -0.3 is 14.4 Å². The van der Waals surface area contributed by atoms with Gasteiger partial charge in [-0.15, -0.1) is 0 Å². The Kier molecular flexibility index (Phi) is 7.34. The summed E-state index contributed by atoms with van der Waals surface area (Å²) < 4.78 is 15.2. The lowest BCUT2D eigenvalue weighted by Gasteiger charge is -2.31. The van der Waals surface area contributed by atoms with E-state index in [9.17, 15) is 9.59 Å². The smallest absolute Gasteiger partial charge is 0.223 e. The average Bonchev–Trinajstić information content (AvgIpc) is 3.37. The summed E-state index contributed by atoms with van der Waals surface area (Å²) in [7, 11) is 3.21. The zero-order valence-electron chi connectivity index (χ0n) is 18.8. The number of carbonyl (C=O) groups excluding carboxylic acids is 2. The first-order chi connectivity index (χ1) is 16.1. The SMILES string of the molecule is COc1ccc(-c2nsc(C3CCN(C(=O)CCC(=O)c4ccccc4)CC3)n2)cc1OC. The van der Waals surface area contributed by atoms with Gasteiger partial charge in [0.1, 0.15) is 5.01 Å². The second-order valence-corrected chi connectivity index (χ2v) is 8.75. The van der Waals surface area contributed by atoms with E-state index in [-0.39, 0.29) is 30.4 Å². The minimum absolute atomic E-state index is 0.00962. The molecule has 0 N–H and O–H groups in total. The van der Waals surface area contributed by atoms with Crippen molar-refractivity contribution in [2.75, 3.05) is 27.3 Å². The van der Waals surface area contributed by atoms with Crippen molar-refractivity contribution in [2.24, 2.45) is 0 Å². The van der Waals surface area contributed by atoms with Crippen LogP contribution < -0.4 is 9.47 Å². The van der Waals surface area contributed by atoms with Crippen LogP contribution in [0.5, 0.6) is 11.5 Å². The van der Waals surface area contributed by atoms with Crippen molar-refractivity contribution in [3.8, 4) is 22.9 Å². The highest BCUT2D eigenvalue weighted by molar-refractivity contribution is 7.05. The summed E-state index contributed by atoms with van der Waals surface area (Å²) in [5.74, 6) is 2.32. The molecule has 0 unspecified atom stereocenters. The van der Waals surface area contributed by atoms with Crippen LogP contribution in [-0.4, -0.2) is 53.3 Å². The topological polar surface area (TPSA) is 81.6 Å². The number of carbonyl (C=O) groups is 2. The summed E-state index contributed by atoms with van der Waals surface area (Å²) in [6.45, 7) is 1.35. The Morgan fingerprint density at radius 3 is 2.42 bits per heavy atom. The number of rotatable bonds is 8. The van der Waals surface area contributed by atoms with Gasteiger partial charge in [0.05, 0.1) is 14.2 Å². The molecule has 0 spiro atoms. The summed E-state index contributed by atoms with van der Waals surface area (Å²) in [4.78, 5) is 31.5. The number of aromatic nitrogens is 2. The van der Waals surface area contributed by atoms with E-state index in [1.807, 2.05) is 41.3 Å². The van der Waals surface area contributed by atoms with Crippen LogP contribution in [0.2, 0.25) is 0 Å². The number of amides is 1. The number of likely N-dealkylation sites (tertiary alicyclic amines) is 1. The number of hydrogen-bond donors (Lipinski definition) is 0. The lowest BCUT2D eigenvalue weighted by Crippen LogP contribution is -2.38. The average molecular weight is 466 g/mol. The van der Waals surface area contributed by atoms with E-state index in [1.165, 1.54) is 11.5 Å². The van der Waals surface area contributed by atoms with E-state index in [0.29, 0.717) is 36.0 Å². The molecular formula is C25H27N3O4S. The highest BCUT2D eigenvalue weighted by atomic mass is 32.1. The minimum atomic E-state index is 0.00962. The molecule has 2 heterocycles. The summed E-state index contributed by atoms with van der Waals surface area (Å²) >= 11 is 1.41. The van der Waals surface area contributed by atoms with Crippen molar-refractivity contribution in [1.82, 2.24) is 14.3 Å². The minimum Gasteiger partial charge on any atom is -0.493 e. The number of benzene rings is 2. The van der Waals surface area contributed by atoms with Gasteiger partial charge in [-0.05, 0) is 42.6 Å². The van der Waals surface area contributed by atoms with Gasteiger partial charge >= 0.3 is 0 Å². The Morgan fingerprint density at radius 1 is 1.00 bits per heavy atom. The molecule has 1 fully saturated rings. The maximum absolute atomic E-state index is 12.6. The molecule has 0 bridgehead atoms. The highest BCUT2D eigenvalue weighted by Gasteiger charge is 2.26. The maximum Gasteiger partial charge on any atom is 0.223 e. The molecule has 1 amide bonds. The van der Waals surface area contributed by atoms with Crippen molar-refractivity contribution in [1.29, 1.82) is 0 Å². The summed E-state index contributed by atoms with van der Waals surface area (Å²) in [5, 5.41) is 0.992. The number of ketones is 1. The molecule has 1 saturated heterocycles. The van der Waals surface area contributed by atoms with Crippen LogP contribution in [0.15, 0.2) is 48.5 Å². The molecular weight excluding hydrogens is 438 g/mol. The largest absolute Gasteiger partial charge is 0.493 e. The molecule has 4 rings (SSSR count). The number of piperidine rings is 1. The van der Waals surface area contributed by atoms with Gasteiger partial charge in [-0.2, -0.15) is 4.37 Å². The zero-order valence-corrected chi connectivity index (χ0v) is 19.6. The number of methoxy groups -OCH3 is 2. The monoisotopic (exact) mass is 465 g/mol. The van der Waals surface area contributed by atoms with Gasteiger partial charge in [-0.3, -0.25) is 9.59 Å². The lowest BCUT2D eigenvalue weighted by molar-refractivity contribution is -0.132. The molecule has 0 saturated carbocycles. The molecule has 8 heteroatoms. The van der Waals surface area contributed by atoms with Crippen molar-refractivity contribution < 1.29 is 19.1 Å². The Bertz CT molecular complexity index is 1110. The molecule has 0 atom stereocenters. The third kappa shape index (κ3) is 5.39. The van der Waals surface area contributed by atoms with Gasteiger partial charge in [0.15, 0.2) is 23.1 Å². The number of hydrogen-bond acceptors (Lipinski definition) is 7. The molecule has 3 aromatic rings. The van der Waals surface area contributed by atoms with Gasteiger partial charge in [0.25, 0.3) is 0 Å². The van der Waals surface area contributed by atoms with E-state index in [0.717, 1.165) is 23.4 Å². The predicted octanol–water partition coefficient (Wildman–Crippen LogP) is 4.59. The first-order valence-corrected chi connectivity index (χ1v) is 11.8. The van der Waals surface area contributed by atoms with Crippen LogP contribution >= 0.6 is 11.5 Å². The third-order valence-corrected chi connectivity index (χ3v) is 6.82. The van der Waals surface area contributed by atoms with Crippen LogP contribution in [0.3, 0.4) is 0 Å². The van der Waals surface area contributed by atoms with Crippen molar-refractivity contribution in [3.63, 3.8) is 0 Å². The molecule has 1 aliphatic rings. The van der Waals surface area contributed by atoms with Crippen molar-refractivity contribution >= 4 is 23.2 Å². The van der Waals surface area contributed by atoms with Crippen molar-refractivity contribution in [2.45, 2.75) is 31.6 Å². The molecule has 33 heavy (non-hydrogen) atoms. The summed E-state index contributed by atoms with van der Waals surface area (Å²) in [5.41, 5.74) is 1.54. The fourth-order valence-electron chi connectivity index (χ4n) is 4.02. The second-order valence-electron chi connectivity index (χ2n) is 7.97. The molecule has 0 aliphatic carbocycles. The standard InChI is InChI=1S/C25H27N3O4S/c1-31-21-10-8-19(16-22(21)32-2)24-26-25(33-27-24)18-12-14-28(15-13-18)23(30)11-9-20(29)17-6-4-3-5-7-17/h3-8,10,16,18H,9,11-15H2,1-2H3. The van der Waals surface area contributed by atoms with E-state index >= 15 is 0 Å². The molecule has 2 aromatic carbocycles. The van der Waals surface area contributed by atoms with Gasteiger partial charge in [-0.25, -0.2) is 4.98 Å². The van der Waals surface area contributed by atoms with Crippen molar-refractivity contribution in [3.05, 3.63) is 59.1 Å². The van der Waals surface area contributed by atoms with E-state index in [2.05, 4.69) is 4.37 Å². The van der Waals surface area contributed by atoms with Crippen LogP contribution in [0, 0.1) is 0 Å². The Balaban J connectivity index is 1.31. The predicted molar refractivity (Wildman–Crippen MR) is 127 cm³/mol. The van der Waals surface area contributed by atoms with Crippen LogP contribution in [0.4, 0.5) is 0 Å². The first kappa shape index (κ1) is 22.9. The lowest BCUT2D eigenvalue weighted by atomic mass is 9.97. The molecule has 172 valence electrons. The number of Topliss-reactive ketones (excluding diaryl/α,β-unsaturated/α-hetero) is 1. The van der Waals surface area contributed by atoms with Crippen LogP contribution in [-0.2, 0) is 4.79 Å². The van der Waals surface area contributed by atoms with Gasteiger partial charge in [0.2, 0.25) is 5.91 Å². The van der Waals surface area contributed by atoms with Gasteiger partial charge in [-0.1, -0.05) is 30.3 Å². The Hall–Kier alpha value is -3.26. The van der Waals surface area contributed by atoms with Crippen LogP contribution in [0.25, 0.3) is 11.4 Å². The van der Waals surface area contributed by atoms with Gasteiger partial charge in [0, 0.05) is 43.0 Å². The summed E-state index contributed by atoms with van der Waals surface area (Å²) in [6.07, 6.45) is 2.19. The fourth-order valence-corrected chi connectivity index (χ4v) is 4.85. The number of ether oxygens (including phenoxy) is 2. The van der Waals surface area contributed by atoms with E-state index in [1.54, 1.807) is 26.4 Å². The fraction of sp³-hybridized carbons (Fsp3) is 0.360. The Labute approximate surface area is 197 Å². The Morgan fingerprint density at radius 2 is 1.73 bits per heavy atom. The van der Waals surface area contributed by atoms with Crippen LogP contribution in [0.1, 0.15) is 47.0 Å². The highest BCUT2D eigenvalue weighted by Crippen LogP contribution is 2.34. The third-order valence-electron chi connectivity index (χ3n) is 5.94. The maximum atomic E-state index is 12.6. The second kappa shape index (κ2) is 10.6.